The molecule has 0 aliphatic rings. The lowest BCUT2D eigenvalue weighted by molar-refractivity contribution is 0.0946. The van der Waals surface area contributed by atoms with Gasteiger partial charge in [-0.05, 0) is 36.6 Å². The van der Waals surface area contributed by atoms with Crippen molar-refractivity contribution in [3.05, 3.63) is 64.1 Å². The Kier molecular flexibility index (Phi) is 5.23. The van der Waals surface area contributed by atoms with E-state index >= 15 is 0 Å². The highest BCUT2D eigenvalue weighted by atomic mass is 32.1. The quantitative estimate of drug-likeness (QED) is 0.490. The van der Waals surface area contributed by atoms with Gasteiger partial charge in [-0.1, -0.05) is 18.2 Å². The molecule has 0 aliphatic carbocycles. The van der Waals surface area contributed by atoms with Crippen LogP contribution in [0, 0.1) is 6.92 Å². The van der Waals surface area contributed by atoms with Gasteiger partial charge in [0.1, 0.15) is 16.5 Å². The highest BCUT2D eigenvalue weighted by Crippen LogP contribution is 2.31. The SMILES string of the molecule is COc1ccccc1-c1cc(C(=O)NCc2sc(-c3cccs3)nc2C)[nH]n1. The number of hydrogen-bond acceptors (Lipinski definition) is 6. The van der Waals surface area contributed by atoms with Gasteiger partial charge in [0.2, 0.25) is 0 Å². The number of hydrogen-bond donors (Lipinski definition) is 2. The largest absolute Gasteiger partial charge is 0.496 e. The number of aryl methyl sites for hydroxylation is 1. The summed E-state index contributed by atoms with van der Waals surface area (Å²) in [4.78, 5) is 19.3. The van der Waals surface area contributed by atoms with Crippen LogP contribution in [0.5, 0.6) is 5.75 Å². The second-order valence-electron chi connectivity index (χ2n) is 6.05. The number of nitrogens with zero attached hydrogens (tertiary/aromatic N) is 2. The lowest BCUT2D eigenvalue weighted by Gasteiger charge is -2.04. The number of carbonyl (C=O) groups is 1. The first-order valence-corrected chi connectivity index (χ1v) is 10.3. The Morgan fingerprint density at radius 1 is 1.25 bits per heavy atom. The molecule has 0 saturated heterocycles. The van der Waals surface area contributed by atoms with Gasteiger partial charge < -0.3 is 10.1 Å². The number of nitrogens with one attached hydrogen (secondary N) is 2. The molecule has 0 spiro atoms. The van der Waals surface area contributed by atoms with E-state index in [1.54, 1.807) is 35.8 Å². The molecule has 8 heteroatoms. The van der Waals surface area contributed by atoms with Crippen molar-refractivity contribution in [2.75, 3.05) is 7.11 Å². The van der Waals surface area contributed by atoms with Gasteiger partial charge in [0.05, 0.1) is 29.9 Å². The Bertz CT molecular complexity index is 1100. The lowest BCUT2D eigenvalue weighted by atomic mass is 10.1. The number of benzene rings is 1. The van der Waals surface area contributed by atoms with Crippen LogP contribution in [-0.2, 0) is 6.54 Å². The van der Waals surface area contributed by atoms with Crippen LogP contribution in [0.25, 0.3) is 21.1 Å². The first-order valence-electron chi connectivity index (χ1n) is 8.63. The van der Waals surface area contributed by atoms with Crippen molar-refractivity contribution < 1.29 is 9.53 Å². The summed E-state index contributed by atoms with van der Waals surface area (Å²) < 4.78 is 5.36. The van der Waals surface area contributed by atoms with Crippen LogP contribution >= 0.6 is 22.7 Å². The zero-order valence-corrected chi connectivity index (χ0v) is 17.0. The summed E-state index contributed by atoms with van der Waals surface area (Å²) in [5.74, 6) is 0.501. The molecule has 1 aromatic carbocycles. The fraction of sp³-hybridized carbons (Fsp3) is 0.150. The van der Waals surface area contributed by atoms with Gasteiger partial charge in [-0.2, -0.15) is 5.10 Å². The van der Waals surface area contributed by atoms with Crippen LogP contribution < -0.4 is 10.1 Å². The molecule has 0 bridgehead atoms. The van der Waals surface area contributed by atoms with E-state index in [1.165, 1.54) is 0 Å². The van der Waals surface area contributed by atoms with E-state index in [-0.39, 0.29) is 5.91 Å². The van der Waals surface area contributed by atoms with Crippen LogP contribution in [0.4, 0.5) is 0 Å². The molecule has 0 saturated carbocycles. The summed E-state index contributed by atoms with van der Waals surface area (Å²) in [6.07, 6.45) is 0. The Morgan fingerprint density at radius 3 is 2.89 bits per heavy atom. The number of amides is 1. The molecule has 4 aromatic rings. The summed E-state index contributed by atoms with van der Waals surface area (Å²) in [7, 11) is 1.61. The van der Waals surface area contributed by atoms with Crippen LogP contribution in [0.1, 0.15) is 21.1 Å². The average Bonchev–Trinajstić information content (AvgIpc) is 3.46. The van der Waals surface area contributed by atoms with E-state index in [0.717, 1.165) is 26.0 Å². The second-order valence-corrected chi connectivity index (χ2v) is 8.09. The van der Waals surface area contributed by atoms with E-state index < -0.39 is 0 Å². The molecule has 28 heavy (non-hydrogen) atoms. The number of aromatic nitrogens is 3. The third-order valence-corrected chi connectivity index (χ3v) is 6.44. The predicted molar refractivity (Wildman–Crippen MR) is 112 cm³/mol. The summed E-state index contributed by atoms with van der Waals surface area (Å²) in [6, 6.07) is 13.4. The molecule has 6 nitrogen and oxygen atoms in total. The minimum Gasteiger partial charge on any atom is -0.496 e. The van der Waals surface area contributed by atoms with E-state index in [2.05, 4.69) is 26.6 Å². The number of methoxy groups -OCH3 is 1. The van der Waals surface area contributed by atoms with Crippen LogP contribution in [-0.4, -0.2) is 28.2 Å². The Balaban J connectivity index is 1.46. The number of aromatic amines is 1. The third-order valence-electron chi connectivity index (χ3n) is 4.24. The molecule has 0 atom stereocenters. The molecule has 142 valence electrons. The van der Waals surface area contributed by atoms with E-state index in [4.69, 9.17) is 4.74 Å². The van der Waals surface area contributed by atoms with Crippen LogP contribution in [0.15, 0.2) is 47.8 Å². The summed E-state index contributed by atoms with van der Waals surface area (Å²) in [6.45, 7) is 2.39. The highest BCUT2D eigenvalue weighted by Gasteiger charge is 2.15. The van der Waals surface area contributed by atoms with E-state index in [1.807, 2.05) is 42.6 Å². The maximum Gasteiger partial charge on any atom is 0.269 e. The summed E-state index contributed by atoms with van der Waals surface area (Å²) in [5, 5.41) is 13.0. The Morgan fingerprint density at radius 2 is 2.11 bits per heavy atom. The number of ether oxygens (including phenoxy) is 1. The Hall–Kier alpha value is -2.97. The topological polar surface area (TPSA) is 79.9 Å². The molecular formula is C20H18N4O2S2. The number of thiophene rings is 1. The van der Waals surface area contributed by atoms with Crippen LogP contribution in [0.3, 0.4) is 0 Å². The minimum atomic E-state index is -0.209. The molecule has 1 amide bonds. The number of carbonyl (C=O) groups excluding carboxylic acids is 1. The van der Waals surface area contributed by atoms with E-state index in [9.17, 15) is 4.79 Å². The molecule has 2 N–H and O–H groups in total. The molecule has 0 fully saturated rings. The monoisotopic (exact) mass is 410 g/mol. The number of rotatable bonds is 6. The molecule has 0 unspecified atom stereocenters. The van der Waals surface area contributed by atoms with Gasteiger partial charge in [0.15, 0.2) is 0 Å². The predicted octanol–water partition coefficient (Wildman–Crippen LogP) is 4.51. The second kappa shape index (κ2) is 7.95. The van der Waals surface area contributed by atoms with Crippen molar-refractivity contribution in [3.8, 4) is 26.9 Å². The number of H-pyrrole nitrogens is 1. The Labute approximate surface area is 170 Å². The van der Waals surface area contributed by atoms with Gasteiger partial charge in [-0.15, -0.1) is 22.7 Å². The number of thiazole rings is 1. The molecule has 3 heterocycles. The van der Waals surface area contributed by atoms with Gasteiger partial charge in [0, 0.05) is 10.4 Å². The van der Waals surface area contributed by atoms with Crippen molar-refractivity contribution in [1.82, 2.24) is 20.5 Å². The minimum absolute atomic E-state index is 0.209. The fourth-order valence-electron chi connectivity index (χ4n) is 2.79. The standard InChI is InChI=1S/C20H18N4O2S2/c1-12-18(28-20(22-12)17-8-5-9-27-17)11-21-19(25)15-10-14(23-24-15)13-6-3-4-7-16(13)26-2/h3-10H,11H2,1-2H3,(H,21,25)(H,23,24). The van der Waals surface area contributed by atoms with Gasteiger partial charge >= 0.3 is 0 Å². The highest BCUT2D eigenvalue weighted by molar-refractivity contribution is 7.21. The summed E-state index contributed by atoms with van der Waals surface area (Å²) >= 11 is 3.26. The van der Waals surface area contributed by atoms with Crippen molar-refractivity contribution in [2.24, 2.45) is 0 Å². The van der Waals surface area contributed by atoms with E-state index in [0.29, 0.717) is 23.7 Å². The van der Waals surface area contributed by atoms with Crippen molar-refractivity contribution in [2.45, 2.75) is 13.5 Å². The van der Waals surface area contributed by atoms with Crippen molar-refractivity contribution in [1.29, 1.82) is 0 Å². The average molecular weight is 411 g/mol. The maximum absolute atomic E-state index is 12.5. The molecule has 0 aliphatic heterocycles. The van der Waals surface area contributed by atoms with Crippen LogP contribution in [0.2, 0.25) is 0 Å². The normalized spacial score (nSPS) is 10.8. The molecule has 0 radical (unpaired) electrons. The maximum atomic E-state index is 12.5. The number of para-hydroxylation sites is 1. The van der Waals surface area contributed by atoms with Gasteiger partial charge in [-0.3, -0.25) is 9.89 Å². The zero-order chi connectivity index (χ0) is 19.5. The van der Waals surface area contributed by atoms with Gasteiger partial charge in [0.25, 0.3) is 5.91 Å². The van der Waals surface area contributed by atoms with Crippen molar-refractivity contribution >= 4 is 28.6 Å². The smallest absolute Gasteiger partial charge is 0.269 e. The first-order chi connectivity index (χ1) is 13.7. The molecule has 4 rings (SSSR count). The lowest BCUT2D eigenvalue weighted by Crippen LogP contribution is -2.23. The third kappa shape index (κ3) is 3.69. The molecular weight excluding hydrogens is 392 g/mol. The van der Waals surface area contributed by atoms with Crippen molar-refractivity contribution in [3.63, 3.8) is 0 Å². The zero-order valence-electron chi connectivity index (χ0n) is 15.4. The fourth-order valence-corrected chi connectivity index (χ4v) is 4.58. The summed E-state index contributed by atoms with van der Waals surface area (Å²) in [5.41, 5.74) is 2.84. The molecule has 3 aromatic heterocycles. The van der Waals surface area contributed by atoms with Gasteiger partial charge in [-0.25, -0.2) is 4.98 Å². The first kappa shape index (κ1) is 18.4.